The third-order valence-corrected chi connectivity index (χ3v) is 4.34. The van der Waals surface area contributed by atoms with Crippen LogP contribution in [0.4, 0.5) is 0 Å². The molecule has 1 unspecified atom stereocenters. The van der Waals surface area contributed by atoms with Crippen molar-refractivity contribution in [1.29, 1.82) is 0 Å². The highest BCUT2D eigenvalue weighted by Crippen LogP contribution is 2.30. The second-order valence-corrected chi connectivity index (χ2v) is 6.06. The van der Waals surface area contributed by atoms with Crippen LogP contribution in [-0.2, 0) is 9.53 Å². The summed E-state index contributed by atoms with van der Waals surface area (Å²) in [5.41, 5.74) is -0.321. The lowest BCUT2D eigenvalue weighted by molar-refractivity contribution is -0.137. The lowest BCUT2D eigenvalue weighted by Crippen LogP contribution is -2.52. The van der Waals surface area contributed by atoms with Gasteiger partial charge in [0.2, 0.25) is 5.91 Å². The number of piperidine rings is 1. The van der Waals surface area contributed by atoms with Crippen LogP contribution in [0.25, 0.3) is 0 Å². The van der Waals surface area contributed by atoms with Crippen molar-refractivity contribution in [2.75, 3.05) is 26.8 Å². The third kappa shape index (κ3) is 5.06. The summed E-state index contributed by atoms with van der Waals surface area (Å²) in [6.07, 6.45) is 7.41. The number of carbonyl (C=O) groups is 1. The first-order valence-electron chi connectivity index (χ1n) is 8.19. The number of hydrogen-bond acceptors (Lipinski definition) is 3. The van der Waals surface area contributed by atoms with Crippen LogP contribution in [0.1, 0.15) is 58.8 Å². The van der Waals surface area contributed by atoms with Crippen molar-refractivity contribution in [2.24, 2.45) is 5.41 Å². The van der Waals surface area contributed by atoms with Crippen LogP contribution < -0.4 is 10.6 Å². The van der Waals surface area contributed by atoms with Crippen molar-refractivity contribution >= 4 is 5.91 Å². The van der Waals surface area contributed by atoms with E-state index in [-0.39, 0.29) is 11.3 Å². The van der Waals surface area contributed by atoms with Gasteiger partial charge in [0.05, 0.1) is 12.0 Å². The highest BCUT2D eigenvalue weighted by Gasteiger charge is 2.40. The van der Waals surface area contributed by atoms with Gasteiger partial charge in [-0.15, -0.1) is 0 Å². The molecule has 0 aliphatic carbocycles. The Morgan fingerprint density at radius 3 is 2.50 bits per heavy atom. The molecule has 1 aliphatic heterocycles. The van der Waals surface area contributed by atoms with Gasteiger partial charge in [-0.2, -0.15) is 0 Å². The Kier molecular flexibility index (Phi) is 8.15. The zero-order valence-corrected chi connectivity index (χ0v) is 13.5. The maximum atomic E-state index is 12.7. The van der Waals surface area contributed by atoms with E-state index in [0.717, 1.165) is 45.2 Å². The van der Waals surface area contributed by atoms with Gasteiger partial charge in [-0.05, 0) is 38.8 Å². The minimum Gasteiger partial charge on any atom is -0.384 e. The van der Waals surface area contributed by atoms with Gasteiger partial charge >= 0.3 is 0 Å². The summed E-state index contributed by atoms with van der Waals surface area (Å²) in [5.74, 6) is 0.204. The van der Waals surface area contributed by atoms with E-state index < -0.39 is 0 Å². The van der Waals surface area contributed by atoms with Crippen molar-refractivity contribution in [3.63, 3.8) is 0 Å². The van der Waals surface area contributed by atoms with Gasteiger partial charge in [0, 0.05) is 13.2 Å². The standard InChI is InChI=1S/C16H32N2O2/c1-4-6-8-14(7-5-2)18-15(19)16(13-20-3)9-11-17-12-10-16/h14,17H,4-13H2,1-3H3,(H,18,19). The van der Waals surface area contributed by atoms with Gasteiger partial charge in [0.1, 0.15) is 0 Å². The molecule has 1 rings (SSSR count). The highest BCUT2D eigenvalue weighted by molar-refractivity contribution is 5.83. The molecular weight excluding hydrogens is 252 g/mol. The number of ether oxygens (including phenoxy) is 1. The van der Waals surface area contributed by atoms with E-state index in [2.05, 4.69) is 24.5 Å². The molecule has 118 valence electrons. The third-order valence-electron chi connectivity index (χ3n) is 4.34. The summed E-state index contributed by atoms with van der Waals surface area (Å²) in [5, 5.41) is 6.63. The van der Waals surface area contributed by atoms with Crippen molar-refractivity contribution in [3.8, 4) is 0 Å². The van der Waals surface area contributed by atoms with Crippen LogP contribution in [0.3, 0.4) is 0 Å². The molecule has 2 N–H and O–H groups in total. The number of nitrogens with one attached hydrogen (secondary N) is 2. The molecule has 20 heavy (non-hydrogen) atoms. The maximum Gasteiger partial charge on any atom is 0.228 e. The van der Waals surface area contributed by atoms with E-state index in [0.29, 0.717) is 12.6 Å². The minimum atomic E-state index is -0.321. The Morgan fingerprint density at radius 1 is 1.25 bits per heavy atom. The molecule has 1 saturated heterocycles. The van der Waals surface area contributed by atoms with E-state index in [1.54, 1.807) is 7.11 Å². The normalized spacial score (nSPS) is 19.6. The molecule has 1 fully saturated rings. The van der Waals surface area contributed by atoms with E-state index in [1.807, 2.05) is 0 Å². The van der Waals surface area contributed by atoms with Crippen molar-refractivity contribution in [2.45, 2.75) is 64.8 Å². The molecule has 0 aromatic heterocycles. The fraction of sp³-hybridized carbons (Fsp3) is 0.938. The summed E-state index contributed by atoms with van der Waals surface area (Å²) in [6.45, 7) is 6.73. The molecule has 1 atom stereocenters. The first-order chi connectivity index (χ1) is 9.68. The van der Waals surface area contributed by atoms with Gasteiger partial charge in [0.25, 0.3) is 0 Å². The first-order valence-corrected chi connectivity index (χ1v) is 8.19. The predicted octanol–water partition coefficient (Wildman–Crippen LogP) is 2.48. The fourth-order valence-electron chi connectivity index (χ4n) is 3.04. The van der Waals surface area contributed by atoms with Crippen molar-refractivity contribution in [3.05, 3.63) is 0 Å². The molecule has 0 aromatic rings. The monoisotopic (exact) mass is 284 g/mol. The number of unbranched alkanes of at least 4 members (excludes halogenated alkanes) is 1. The predicted molar refractivity (Wildman–Crippen MR) is 82.8 cm³/mol. The Bertz CT molecular complexity index is 270. The van der Waals surface area contributed by atoms with E-state index in [1.165, 1.54) is 12.8 Å². The van der Waals surface area contributed by atoms with Crippen LogP contribution in [-0.4, -0.2) is 38.8 Å². The summed E-state index contributed by atoms with van der Waals surface area (Å²) in [4.78, 5) is 12.7. The molecule has 0 saturated carbocycles. The Balaban J connectivity index is 2.62. The van der Waals surface area contributed by atoms with Crippen LogP contribution in [0, 0.1) is 5.41 Å². The van der Waals surface area contributed by atoms with Crippen LogP contribution in [0.5, 0.6) is 0 Å². The zero-order chi connectivity index (χ0) is 14.8. The Hall–Kier alpha value is -0.610. The van der Waals surface area contributed by atoms with Crippen LogP contribution >= 0.6 is 0 Å². The molecule has 1 aliphatic rings. The highest BCUT2D eigenvalue weighted by atomic mass is 16.5. The number of amides is 1. The Morgan fingerprint density at radius 2 is 1.95 bits per heavy atom. The molecule has 4 heteroatoms. The summed E-state index contributed by atoms with van der Waals surface area (Å²) >= 11 is 0. The zero-order valence-electron chi connectivity index (χ0n) is 13.5. The average molecular weight is 284 g/mol. The lowest BCUT2D eigenvalue weighted by atomic mass is 9.78. The Labute approximate surface area is 124 Å². The number of methoxy groups -OCH3 is 1. The molecule has 1 heterocycles. The average Bonchev–Trinajstić information content (AvgIpc) is 2.46. The maximum absolute atomic E-state index is 12.7. The molecule has 0 spiro atoms. The van der Waals surface area contributed by atoms with Gasteiger partial charge in [-0.3, -0.25) is 4.79 Å². The van der Waals surface area contributed by atoms with Gasteiger partial charge in [-0.25, -0.2) is 0 Å². The quantitative estimate of drug-likeness (QED) is 0.684. The van der Waals surface area contributed by atoms with E-state index in [9.17, 15) is 4.79 Å². The molecular formula is C16H32N2O2. The van der Waals surface area contributed by atoms with Gasteiger partial charge in [-0.1, -0.05) is 33.1 Å². The summed E-state index contributed by atoms with van der Waals surface area (Å²) in [6, 6.07) is 0.330. The SMILES string of the molecule is CCCCC(CCC)NC(=O)C1(COC)CCNCC1. The van der Waals surface area contributed by atoms with E-state index >= 15 is 0 Å². The second-order valence-electron chi connectivity index (χ2n) is 6.06. The topological polar surface area (TPSA) is 50.4 Å². The van der Waals surface area contributed by atoms with Gasteiger partial charge in [0.15, 0.2) is 0 Å². The molecule has 0 radical (unpaired) electrons. The summed E-state index contributed by atoms with van der Waals surface area (Å²) in [7, 11) is 1.69. The van der Waals surface area contributed by atoms with Crippen LogP contribution in [0.2, 0.25) is 0 Å². The largest absolute Gasteiger partial charge is 0.384 e. The molecule has 4 nitrogen and oxygen atoms in total. The summed E-state index contributed by atoms with van der Waals surface area (Å²) < 4.78 is 5.34. The molecule has 1 amide bonds. The first kappa shape index (κ1) is 17.4. The van der Waals surface area contributed by atoms with Crippen molar-refractivity contribution in [1.82, 2.24) is 10.6 Å². The smallest absolute Gasteiger partial charge is 0.228 e. The molecule has 0 aromatic carbocycles. The fourth-order valence-corrected chi connectivity index (χ4v) is 3.04. The number of rotatable bonds is 9. The van der Waals surface area contributed by atoms with E-state index in [4.69, 9.17) is 4.74 Å². The molecule has 0 bridgehead atoms. The number of carbonyl (C=O) groups excluding carboxylic acids is 1. The van der Waals surface area contributed by atoms with Crippen LogP contribution in [0.15, 0.2) is 0 Å². The van der Waals surface area contributed by atoms with Crippen molar-refractivity contribution < 1.29 is 9.53 Å². The minimum absolute atomic E-state index is 0.204. The van der Waals surface area contributed by atoms with Gasteiger partial charge < -0.3 is 15.4 Å². The second kappa shape index (κ2) is 9.35. The number of hydrogen-bond donors (Lipinski definition) is 2. The lowest BCUT2D eigenvalue weighted by Gasteiger charge is -2.36.